The van der Waals surface area contributed by atoms with Gasteiger partial charge in [0.25, 0.3) is 0 Å². The number of phenolic OH excluding ortho intramolecular Hbond substituents is 1. The number of rotatable bonds is 5. The number of likely N-dealkylation sites (tertiary alicyclic amines) is 1. The Morgan fingerprint density at radius 1 is 1.50 bits per heavy atom. The summed E-state index contributed by atoms with van der Waals surface area (Å²) in [6.45, 7) is 9.07. The van der Waals surface area contributed by atoms with Crippen LogP contribution in [-0.2, 0) is 0 Å². The van der Waals surface area contributed by atoms with Crippen molar-refractivity contribution in [3.8, 4) is 5.75 Å². The first kappa shape index (κ1) is 13.4. The van der Waals surface area contributed by atoms with Gasteiger partial charge < -0.3 is 15.3 Å². The maximum Gasteiger partial charge on any atom is 0.115 e. The monoisotopic (exact) mass is 248 g/mol. The molecule has 0 saturated carbocycles. The van der Waals surface area contributed by atoms with E-state index in [1.165, 1.54) is 26.1 Å². The number of hydrogen-bond donors (Lipinski definition) is 2. The Hall–Kier alpha value is -1.06. The molecular weight excluding hydrogens is 224 g/mol. The SMILES string of the molecule is CCN1CCC(CNC(C)c2cccc(O)c2)C1. The van der Waals surface area contributed by atoms with Gasteiger partial charge in [0.05, 0.1) is 0 Å². The second-order valence-corrected chi connectivity index (χ2v) is 5.27. The summed E-state index contributed by atoms with van der Waals surface area (Å²) in [5, 5.41) is 13.0. The number of nitrogens with one attached hydrogen (secondary N) is 1. The van der Waals surface area contributed by atoms with Crippen molar-refractivity contribution in [1.29, 1.82) is 0 Å². The molecule has 0 amide bonds. The van der Waals surface area contributed by atoms with E-state index in [4.69, 9.17) is 0 Å². The summed E-state index contributed by atoms with van der Waals surface area (Å²) in [6, 6.07) is 7.81. The molecule has 1 saturated heterocycles. The van der Waals surface area contributed by atoms with Crippen molar-refractivity contribution in [3.63, 3.8) is 0 Å². The molecule has 18 heavy (non-hydrogen) atoms. The van der Waals surface area contributed by atoms with Crippen LogP contribution in [-0.4, -0.2) is 36.2 Å². The summed E-state index contributed by atoms with van der Waals surface area (Å²) in [6.07, 6.45) is 1.30. The van der Waals surface area contributed by atoms with Gasteiger partial charge in [0, 0.05) is 12.6 Å². The smallest absolute Gasteiger partial charge is 0.115 e. The van der Waals surface area contributed by atoms with Crippen LogP contribution in [0.2, 0.25) is 0 Å². The highest BCUT2D eigenvalue weighted by molar-refractivity contribution is 5.28. The lowest BCUT2D eigenvalue weighted by Gasteiger charge is -2.18. The van der Waals surface area contributed by atoms with E-state index in [0.29, 0.717) is 11.8 Å². The molecule has 1 aromatic rings. The van der Waals surface area contributed by atoms with Crippen LogP contribution < -0.4 is 5.32 Å². The molecule has 2 unspecified atom stereocenters. The van der Waals surface area contributed by atoms with Crippen molar-refractivity contribution in [2.45, 2.75) is 26.3 Å². The molecule has 2 rings (SSSR count). The molecule has 3 heteroatoms. The molecule has 0 radical (unpaired) electrons. The van der Waals surface area contributed by atoms with Crippen LogP contribution in [0.15, 0.2) is 24.3 Å². The van der Waals surface area contributed by atoms with Gasteiger partial charge in [0.1, 0.15) is 5.75 Å². The van der Waals surface area contributed by atoms with Crippen LogP contribution in [0.5, 0.6) is 5.75 Å². The van der Waals surface area contributed by atoms with Gasteiger partial charge in [-0.25, -0.2) is 0 Å². The molecule has 1 aliphatic rings. The fourth-order valence-electron chi connectivity index (χ4n) is 2.62. The first-order chi connectivity index (χ1) is 8.69. The largest absolute Gasteiger partial charge is 0.508 e. The Morgan fingerprint density at radius 2 is 2.33 bits per heavy atom. The van der Waals surface area contributed by atoms with Crippen molar-refractivity contribution >= 4 is 0 Å². The fraction of sp³-hybridized carbons (Fsp3) is 0.600. The van der Waals surface area contributed by atoms with E-state index in [2.05, 4.69) is 30.1 Å². The van der Waals surface area contributed by atoms with Gasteiger partial charge in [-0.15, -0.1) is 0 Å². The molecule has 1 aliphatic heterocycles. The standard InChI is InChI=1S/C15H24N2O/c1-3-17-8-7-13(11-17)10-16-12(2)14-5-4-6-15(18)9-14/h4-6,9,12-13,16,18H,3,7-8,10-11H2,1-2H3. The highest BCUT2D eigenvalue weighted by atomic mass is 16.3. The summed E-state index contributed by atoms with van der Waals surface area (Å²) >= 11 is 0. The highest BCUT2D eigenvalue weighted by Crippen LogP contribution is 2.19. The minimum Gasteiger partial charge on any atom is -0.508 e. The molecule has 0 aromatic heterocycles. The molecule has 0 spiro atoms. The summed E-state index contributed by atoms with van der Waals surface area (Å²) in [7, 11) is 0. The van der Waals surface area contributed by atoms with Gasteiger partial charge in [0.2, 0.25) is 0 Å². The van der Waals surface area contributed by atoms with Crippen molar-refractivity contribution in [2.75, 3.05) is 26.2 Å². The molecule has 1 aromatic carbocycles. The normalized spacial score (nSPS) is 22.2. The maximum atomic E-state index is 9.47. The van der Waals surface area contributed by atoms with Crippen LogP contribution in [0, 0.1) is 5.92 Å². The Bertz CT molecular complexity index is 381. The third-order valence-corrected chi connectivity index (χ3v) is 3.90. The molecule has 0 bridgehead atoms. The molecule has 0 aliphatic carbocycles. The number of benzene rings is 1. The van der Waals surface area contributed by atoms with E-state index >= 15 is 0 Å². The zero-order valence-corrected chi connectivity index (χ0v) is 11.4. The van der Waals surface area contributed by atoms with E-state index < -0.39 is 0 Å². The summed E-state index contributed by atoms with van der Waals surface area (Å²) in [4.78, 5) is 2.51. The number of phenols is 1. The predicted molar refractivity (Wildman–Crippen MR) is 74.7 cm³/mol. The lowest BCUT2D eigenvalue weighted by molar-refractivity contribution is 0.336. The Kier molecular flexibility index (Phi) is 4.61. The first-order valence-electron chi connectivity index (χ1n) is 6.93. The topological polar surface area (TPSA) is 35.5 Å². The maximum absolute atomic E-state index is 9.47. The van der Waals surface area contributed by atoms with Gasteiger partial charge in [0.15, 0.2) is 0 Å². The van der Waals surface area contributed by atoms with Crippen LogP contribution in [0.3, 0.4) is 0 Å². The molecular formula is C15H24N2O. The third kappa shape index (κ3) is 3.47. The van der Waals surface area contributed by atoms with E-state index in [-0.39, 0.29) is 0 Å². The third-order valence-electron chi connectivity index (χ3n) is 3.90. The predicted octanol–water partition coefficient (Wildman–Crippen LogP) is 2.38. The second kappa shape index (κ2) is 6.21. The van der Waals surface area contributed by atoms with Crippen LogP contribution in [0.4, 0.5) is 0 Å². The van der Waals surface area contributed by atoms with Gasteiger partial charge in [-0.2, -0.15) is 0 Å². The Balaban J connectivity index is 1.80. The zero-order valence-electron chi connectivity index (χ0n) is 11.4. The number of aromatic hydroxyl groups is 1. The van der Waals surface area contributed by atoms with Gasteiger partial charge >= 0.3 is 0 Å². The Labute approximate surface area is 110 Å². The molecule has 1 fully saturated rings. The average Bonchev–Trinajstić information content (AvgIpc) is 2.84. The molecule has 1 heterocycles. The summed E-state index contributed by atoms with van der Waals surface area (Å²) in [5.74, 6) is 1.11. The number of nitrogens with zero attached hydrogens (tertiary/aromatic N) is 1. The van der Waals surface area contributed by atoms with Gasteiger partial charge in [-0.1, -0.05) is 19.1 Å². The minimum atomic E-state index is 0.299. The average molecular weight is 248 g/mol. The molecule has 2 N–H and O–H groups in total. The van der Waals surface area contributed by atoms with Crippen LogP contribution in [0.1, 0.15) is 31.9 Å². The zero-order chi connectivity index (χ0) is 13.0. The van der Waals surface area contributed by atoms with Crippen LogP contribution in [0.25, 0.3) is 0 Å². The number of hydrogen-bond acceptors (Lipinski definition) is 3. The molecule has 2 atom stereocenters. The van der Waals surface area contributed by atoms with E-state index in [1.54, 1.807) is 6.07 Å². The fourth-order valence-corrected chi connectivity index (χ4v) is 2.62. The second-order valence-electron chi connectivity index (χ2n) is 5.27. The van der Waals surface area contributed by atoms with Gasteiger partial charge in [-0.05, 0) is 56.6 Å². The Morgan fingerprint density at radius 3 is 3.00 bits per heavy atom. The summed E-state index contributed by atoms with van der Waals surface area (Å²) < 4.78 is 0. The van der Waals surface area contributed by atoms with E-state index in [9.17, 15) is 5.11 Å². The summed E-state index contributed by atoms with van der Waals surface area (Å²) in [5.41, 5.74) is 1.15. The van der Waals surface area contributed by atoms with Crippen molar-refractivity contribution in [1.82, 2.24) is 10.2 Å². The van der Waals surface area contributed by atoms with Crippen molar-refractivity contribution in [2.24, 2.45) is 5.92 Å². The highest BCUT2D eigenvalue weighted by Gasteiger charge is 2.21. The van der Waals surface area contributed by atoms with Gasteiger partial charge in [-0.3, -0.25) is 0 Å². The van der Waals surface area contributed by atoms with E-state index in [0.717, 1.165) is 18.0 Å². The van der Waals surface area contributed by atoms with Crippen molar-refractivity contribution < 1.29 is 5.11 Å². The first-order valence-corrected chi connectivity index (χ1v) is 6.93. The lowest BCUT2D eigenvalue weighted by atomic mass is 10.1. The molecule has 100 valence electrons. The molecule has 3 nitrogen and oxygen atoms in total. The quantitative estimate of drug-likeness (QED) is 0.840. The van der Waals surface area contributed by atoms with Crippen LogP contribution >= 0.6 is 0 Å². The van der Waals surface area contributed by atoms with E-state index in [1.807, 2.05) is 12.1 Å². The van der Waals surface area contributed by atoms with Crippen molar-refractivity contribution in [3.05, 3.63) is 29.8 Å². The lowest BCUT2D eigenvalue weighted by Crippen LogP contribution is -2.28. The minimum absolute atomic E-state index is 0.299.